The zero-order valence-corrected chi connectivity index (χ0v) is 18.9. The maximum absolute atomic E-state index is 13.1. The molecule has 1 atom stereocenters. The fourth-order valence-electron chi connectivity index (χ4n) is 4.86. The van der Waals surface area contributed by atoms with Gasteiger partial charge in [-0.2, -0.15) is 5.10 Å². The first-order chi connectivity index (χ1) is 14.8. The Bertz CT molecular complexity index is 956. The lowest BCUT2D eigenvalue weighted by molar-refractivity contribution is -0.134. The van der Waals surface area contributed by atoms with Crippen molar-refractivity contribution in [2.45, 2.75) is 52.5 Å². The Morgan fingerprint density at radius 3 is 2.45 bits per heavy atom. The summed E-state index contributed by atoms with van der Waals surface area (Å²) in [4.78, 5) is 26.4. The molecule has 7 heteroatoms. The highest BCUT2D eigenvalue weighted by Crippen LogP contribution is 2.41. The second-order valence-electron chi connectivity index (χ2n) is 9.54. The van der Waals surface area contributed by atoms with Gasteiger partial charge in [-0.25, -0.2) is 4.68 Å². The number of benzene rings is 1. The third kappa shape index (κ3) is 4.45. The van der Waals surface area contributed by atoms with Gasteiger partial charge in [-0.3, -0.25) is 9.59 Å². The van der Waals surface area contributed by atoms with E-state index < -0.39 is 0 Å². The number of ether oxygens (including phenoxy) is 1. The fraction of sp³-hybridized carbons (Fsp3) is 0.542. The molecule has 1 fully saturated rings. The van der Waals surface area contributed by atoms with E-state index in [-0.39, 0.29) is 29.2 Å². The predicted molar refractivity (Wildman–Crippen MR) is 118 cm³/mol. The SMILES string of the molecule is COc1ccc(-n2ncc3c2CC(C)(C)C[C@@H]3NC(=O)C2CCN(C(C)=O)CC2)cc1. The van der Waals surface area contributed by atoms with Gasteiger partial charge in [0.25, 0.3) is 0 Å². The van der Waals surface area contributed by atoms with E-state index in [0.29, 0.717) is 13.1 Å². The van der Waals surface area contributed by atoms with Gasteiger partial charge in [0.1, 0.15) is 5.75 Å². The first-order valence-electron chi connectivity index (χ1n) is 11.0. The van der Waals surface area contributed by atoms with Gasteiger partial charge in [0.2, 0.25) is 11.8 Å². The van der Waals surface area contributed by atoms with Crippen LogP contribution in [0.25, 0.3) is 5.69 Å². The number of rotatable bonds is 4. The van der Waals surface area contributed by atoms with E-state index in [0.717, 1.165) is 48.4 Å². The van der Waals surface area contributed by atoms with Crippen LogP contribution in [0.5, 0.6) is 5.75 Å². The minimum atomic E-state index is -0.0518. The van der Waals surface area contributed by atoms with Crippen molar-refractivity contribution in [3.8, 4) is 11.4 Å². The van der Waals surface area contributed by atoms with Gasteiger partial charge in [0.15, 0.2) is 0 Å². The van der Waals surface area contributed by atoms with Crippen LogP contribution in [0.4, 0.5) is 0 Å². The minimum absolute atomic E-state index is 0.0410. The lowest BCUT2D eigenvalue weighted by atomic mass is 9.74. The third-order valence-electron chi connectivity index (χ3n) is 6.62. The molecule has 1 aliphatic carbocycles. The van der Waals surface area contributed by atoms with E-state index in [1.54, 1.807) is 14.0 Å². The zero-order chi connectivity index (χ0) is 22.2. The van der Waals surface area contributed by atoms with E-state index in [1.165, 1.54) is 0 Å². The van der Waals surface area contributed by atoms with E-state index in [1.807, 2.05) is 40.0 Å². The van der Waals surface area contributed by atoms with Gasteiger partial charge in [0.05, 0.1) is 30.7 Å². The standard InChI is InChI=1S/C24H32N4O3/c1-16(29)27-11-9-17(10-12-27)23(30)26-21-13-24(2,3)14-22-20(21)15-25-28(22)18-5-7-19(31-4)8-6-18/h5-8,15,17,21H,9-14H2,1-4H3,(H,26,30)/t21-/m0/s1. The molecule has 2 aromatic rings. The first kappa shape index (κ1) is 21.4. The summed E-state index contributed by atoms with van der Waals surface area (Å²) >= 11 is 0. The van der Waals surface area contributed by atoms with Crippen molar-refractivity contribution >= 4 is 11.8 Å². The topological polar surface area (TPSA) is 76.5 Å². The smallest absolute Gasteiger partial charge is 0.223 e. The molecule has 7 nitrogen and oxygen atoms in total. The molecule has 2 amide bonds. The molecule has 2 heterocycles. The monoisotopic (exact) mass is 424 g/mol. The van der Waals surface area contributed by atoms with Crippen LogP contribution in [-0.2, 0) is 16.0 Å². The Kier molecular flexibility index (Phi) is 5.77. The molecular weight excluding hydrogens is 392 g/mol. The number of hydrogen-bond donors (Lipinski definition) is 1. The maximum Gasteiger partial charge on any atom is 0.223 e. The quantitative estimate of drug-likeness (QED) is 0.817. The number of nitrogens with zero attached hydrogens (tertiary/aromatic N) is 3. The molecule has 1 saturated heterocycles. The Balaban J connectivity index is 1.53. The van der Waals surface area contributed by atoms with Crippen molar-refractivity contribution in [2.24, 2.45) is 11.3 Å². The number of methoxy groups -OCH3 is 1. The largest absolute Gasteiger partial charge is 0.497 e. The third-order valence-corrected chi connectivity index (χ3v) is 6.62. The molecule has 0 bridgehead atoms. The van der Waals surface area contributed by atoms with Crippen molar-refractivity contribution in [3.63, 3.8) is 0 Å². The van der Waals surface area contributed by atoms with Crippen molar-refractivity contribution in [2.75, 3.05) is 20.2 Å². The second kappa shape index (κ2) is 8.36. The van der Waals surface area contributed by atoms with Gasteiger partial charge in [-0.15, -0.1) is 0 Å². The van der Waals surface area contributed by atoms with Crippen LogP contribution in [0.15, 0.2) is 30.5 Å². The summed E-state index contributed by atoms with van der Waals surface area (Å²) < 4.78 is 7.26. The molecule has 0 saturated carbocycles. The van der Waals surface area contributed by atoms with Gasteiger partial charge < -0.3 is 15.0 Å². The van der Waals surface area contributed by atoms with Crippen LogP contribution in [0.1, 0.15) is 57.3 Å². The molecule has 0 spiro atoms. The lowest BCUT2D eigenvalue weighted by Crippen LogP contribution is -2.44. The number of fused-ring (bicyclic) bond motifs is 1. The lowest BCUT2D eigenvalue weighted by Gasteiger charge is -2.37. The fourth-order valence-corrected chi connectivity index (χ4v) is 4.86. The predicted octanol–water partition coefficient (Wildman–Crippen LogP) is 3.27. The van der Waals surface area contributed by atoms with E-state index in [4.69, 9.17) is 4.74 Å². The van der Waals surface area contributed by atoms with Crippen LogP contribution in [0, 0.1) is 11.3 Å². The van der Waals surface area contributed by atoms with Gasteiger partial charge in [-0.1, -0.05) is 13.8 Å². The number of carbonyl (C=O) groups is 2. The molecule has 0 radical (unpaired) electrons. The molecule has 31 heavy (non-hydrogen) atoms. The molecular formula is C24H32N4O3. The summed E-state index contributed by atoms with van der Waals surface area (Å²) in [6, 6.07) is 7.83. The highest BCUT2D eigenvalue weighted by molar-refractivity contribution is 5.80. The van der Waals surface area contributed by atoms with E-state index in [9.17, 15) is 9.59 Å². The number of aromatic nitrogens is 2. The molecule has 1 aromatic carbocycles. The van der Waals surface area contributed by atoms with Crippen molar-refractivity contribution in [1.29, 1.82) is 0 Å². The summed E-state index contributed by atoms with van der Waals surface area (Å²) in [5.41, 5.74) is 3.29. The van der Waals surface area contributed by atoms with Gasteiger partial charge in [-0.05, 0) is 55.4 Å². The van der Waals surface area contributed by atoms with Crippen LogP contribution in [0.3, 0.4) is 0 Å². The van der Waals surface area contributed by atoms with Gasteiger partial charge in [0, 0.05) is 31.5 Å². The van der Waals surface area contributed by atoms with Crippen molar-refractivity contribution in [1.82, 2.24) is 20.0 Å². The van der Waals surface area contributed by atoms with Gasteiger partial charge >= 0.3 is 0 Å². The molecule has 1 aromatic heterocycles. The Morgan fingerprint density at radius 2 is 1.84 bits per heavy atom. The van der Waals surface area contributed by atoms with E-state index >= 15 is 0 Å². The van der Waals surface area contributed by atoms with Crippen LogP contribution >= 0.6 is 0 Å². The van der Waals surface area contributed by atoms with Crippen molar-refractivity contribution < 1.29 is 14.3 Å². The number of piperidine rings is 1. The van der Waals surface area contributed by atoms with Crippen LogP contribution in [-0.4, -0.2) is 46.7 Å². The summed E-state index contributed by atoms with van der Waals surface area (Å²) in [5, 5.41) is 7.98. The highest BCUT2D eigenvalue weighted by atomic mass is 16.5. The number of hydrogen-bond acceptors (Lipinski definition) is 4. The zero-order valence-electron chi connectivity index (χ0n) is 18.9. The highest BCUT2D eigenvalue weighted by Gasteiger charge is 2.37. The Labute approximate surface area is 183 Å². The molecule has 0 unspecified atom stereocenters. The summed E-state index contributed by atoms with van der Waals surface area (Å²) in [5.74, 6) is 0.948. The number of likely N-dealkylation sites (tertiary alicyclic amines) is 1. The number of nitrogens with one attached hydrogen (secondary N) is 1. The molecule has 1 N–H and O–H groups in total. The Morgan fingerprint density at radius 1 is 1.16 bits per heavy atom. The molecule has 4 rings (SSSR count). The average Bonchev–Trinajstić information content (AvgIpc) is 3.16. The minimum Gasteiger partial charge on any atom is -0.497 e. The average molecular weight is 425 g/mol. The van der Waals surface area contributed by atoms with Crippen LogP contribution < -0.4 is 10.1 Å². The summed E-state index contributed by atoms with van der Waals surface area (Å²) in [7, 11) is 1.66. The molecule has 166 valence electrons. The number of amides is 2. The summed E-state index contributed by atoms with van der Waals surface area (Å²) in [6.07, 6.45) is 5.13. The molecule has 1 aliphatic heterocycles. The Hall–Kier alpha value is -2.83. The number of carbonyl (C=O) groups excluding carboxylic acids is 2. The first-order valence-corrected chi connectivity index (χ1v) is 11.0. The van der Waals surface area contributed by atoms with Crippen LogP contribution in [0.2, 0.25) is 0 Å². The normalized spacial score (nSPS) is 20.8. The summed E-state index contributed by atoms with van der Waals surface area (Å²) in [6.45, 7) is 7.39. The van der Waals surface area contributed by atoms with Crippen molar-refractivity contribution in [3.05, 3.63) is 41.7 Å². The second-order valence-corrected chi connectivity index (χ2v) is 9.54. The molecule has 2 aliphatic rings. The van der Waals surface area contributed by atoms with E-state index in [2.05, 4.69) is 24.3 Å². The maximum atomic E-state index is 13.1.